The van der Waals surface area contributed by atoms with E-state index in [0.717, 1.165) is 11.1 Å². The average molecular weight is 272 g/mol. The van der Waals surface area contributed by atoms with Crippen LogP contribution < -0.4 is 5.73 Å². The maximum absolute atomic E-state index is 11.9. The summed E-state index contributed by atoms with van der Waals surface area (Å²) >= 11 is 0. The van der Waals surface area contributed by atoms with Gasteiger partial charge in [-0.2, -0.15) is 0 Å². The standard InChI is InChI=1S/C12H20N2O3S/c1-14(18(15,16)8-7-17-2)10-12-6-4-3-5-11(12)9-13/h3-6H,7-10,13H2,1-2H3. The summed E-state index contributed by atoms with van der Waals surface area (Å²) in [6.07, 6.45) is 0. The van der Waals surface area contributed by atoms with Gasteiger partial charge in [0.1, 0.15) is 0 Å². The fraction of sp³-hybridized carbons (Fsp3) is 0.500. The highest BCUT2D eigenvalue weighted by molar-refractivity contribution is 7.89. The Bertz CT molecular complexity index is 474. The fourth-order valence-corrected chi connectivity index (χ4v) is 2.62. The van der Waals surface area contributed by atoms with E-state index in [9.17, 15) is 8.42 Å². The van der Waals surface area contributed by atoms with Gasteiger partial charge in [0.05, 0.1) is 12.4 Å². The van der Waals surface area contributed by atoms with E-state index in [2.05, 4.69) is 0 Å². The van der Waals surface area contributed by atoms with Crippen LogP contribution in [0.1, 0.15) is 11.1 Å². The van der Waals surface area contributed by atoms with Crippen molar-refractivity contribution in [2.75, 3.05) is 26.5 Å². The molecule has 1 aromatic carbocycles. The van der Waals surface area contributed by atoms with Crippen LogP contribution in [0.3, 0.4) is 0 Å². The summed E-state index contributed by atoms with van der Waals surface area (Å²) in [5.41, 5.74) is 7.53. The van der Waals surface area contributed by atoms with E-state index < -0.39 is 10.0 Å². The first-order chi connectivity index (χ1) is 8.51. The molecular weight excluding hydrogens is 252 g/mol. The van der Waals surface area contributed by atoms with Crippen LogP contribution in [0.4, 0.5) is 0 Å². The van der Waals surface area contributed by atoms with Gasteiger partial charge in [-0.15, -0.1) is 0 Å². The predicted molar refractivity (Wildman–Crippen MR) is 71.5 cm³/mol. The second-order valence-electron chi connectivity index (χ2n) is 4.04. The molecule has 0 aromatic heterocycles. The summed E-state index contributed by atoms with van der Waals surface area (Å²) in [5, 5.41) is 0. The van der Waals surface area contributed by atoms with E-state index >= 15 is 0 Å². The van der Waals surface area contributed by atoms with Crippen molar-refractivity contribution >= 4 is 10.0 Å². The molecule has 0 unspecified atom stereocenters. The Hall–Kier alpha value is -0.950. The number of nitrogens with two attached hydrogens (primary N) is 1. The third-order valence-corrected chi connectivity index (χ3v) is 4.51. The maximum Gasteiger partial charge on any atom is 0.216 e. The first-order valence-corrected chi connectivity index (χ1v) is 7.32. The van der Waals surface area contributed by atoms with Gasteiger partial charge < -0.3 is 10.5 Å². The number of ether oxygens (including phenoxy) is 1. The molecule has 0 saturated carbocycles. The lowest BCUT2D eigenvalue weighted by Gasteiger charge is -2.18. The zero-order valence-electron chi connectivity index (χ0n) is 10.8. The van der Waals surface area contributed by atoms with Crippen LogP contribution in [0.5, 0.6) is 0 Å². The van der Waals surface area contributed by atoms with Crippen LogP contribution in [0.15, 0.2) is 24.3 Å². The molecule has 18 heavy (non-hydrogen) atoms. The first-order valence-electron chi connectivity index (χ1n) is 5.71. The van der Waals surface area contributed by atoms with Gasteiger partial charge in [-0.05, 0) is 11.1 Å². The van der Waals surface area contributed by atoms with Crippen LogP contribution in [0.2, 0.25) is 0 Å². The first kappa shape index (κ1) is 15.1. The highest BCUT2D eigenvalue weighted by atomic mass is 32.2. The molecular formula is C12H20N2O3S. The molecule has 0 aliphatic carbocycles. The van der Waals surface area contributed by atoms with Crippen molar-refractivity contribution in [3.63, 3.8) is 0 Å². The summed E-state index contributed by atoms with van der Waals surface area (Å²) in [5.74, 6) is -0.00914. The third-order valence-electron chi connectivity index (χ3n) is 2.75. The quantitative estimate of drug-likeness (QED) is 0.787. The van der Waals surface area contributed by atoms with Gasteiger partial charge in [0, 0.05) is 27.2 Å². The van der Waals surface area contributed by atoms with Gasteiger partial charge in [0.15, 0.2) is 0 Å². The molecule has 1 aromatic rings. The highest BCUT2D eigenvalue weighted by Gasteiger charge is 2.18. The molecule has 0 bridgehead atoms. The predicted octanol–water partition coefficient (Wildman–Crippen LogP) is 0.553. The topological polar surface area (TPSA) is 72.6 Å². The van der Waals surface area contributed by atoms with Gasteiger partial charge in [-0.3, -0.25) is 0 Å². The molecule has 2 N–H and O–H groups in total. The molecule has 0 heterocycles. The van der Waals surface area contributed by atoms with Crippen LogP contribution in [-0.4, -0.2) is 39.2 Å². The van der Waals surface area contributed by atoms with Crippen molar-refractivity contribution in [1.82, 2.24) is 4.31 Å². The molecule has 0 saturated heterocycles. The van der Waals surface area contributed by atoms with Crippen molar-refractivity contribution < 1.29 is 13.2 Å². The number of hydrogen-bond acceptors (Lipinski definition) is 4. The number of sulfonamides is 1. The monoisotopic (exact) mass is 272 g/mol. The van der Waals surface area contributed by atoms with Gasteiger partial charge in [-0.25, -0.2) is 12.7 Å². The van der Waals surface area contributed by atoms with E-state index in [0.29, 0.717) is 13.1 Å². The minimum atomic E-state index is -3.28. The number of benzene rings is 1. The SMILES string of the molecule is COCCS(=O)(=O)N(C)Cc1ccccc1CN. The molecule has 0 spiro atoms. The van der Waals surface area contributed by atoms with E-state index in [4.69, 9.17) is 10.5 Å². The molecule has 0 radical (unpaired) electrons. The molecule has 0 amide bonds. The summed E-state index contributed by atoms with van der Waals surface area (Å²) < 4.78 is 29.9. The van der Waals surface area contributed by atoms with E-state index in [1.165, 1.54) is 11.4 Å². The molecule has 0 aliphatic rings. The second-order valence-corrected chi connectivity index (χ2v) is 6.23. The Morgan fingerprint density at radius 2 is 1.89 bits per heavy atom. The number of nitrogens with zero attached hydrogens (tertiary/aromatic N) is 1. The minimum Gasteiger partial charge on any atom is -0.384 e. The molecule has 1 rings (SSSR count). The largest absolute Gasteiger partial charge is 0.384 e. The van der Waals surface area contributed by atoms with E-state index in [1.807, 2.05) is 24.3 Å². The Morgan fingerprint density at radius 1 is 1.28 bits per heavy atom. The van der Waals surface area contributed by atoms with Crippen molar-refractivity contribution in [3.8, 4) is 0 Å². The summed E-state index contributed by atoms with van der Waals surface area (Å²) in [6, 6.07) is 7.57. The second kappa shape index (κ2) is 6.84. The van der Waals surface area contributed by atoms with Crippen molar-refractivity contribution in [2.24, 2.45) is 5.73 Å². The smallest absolute Gasteiger partial charge is 0.216 e. The summed E-state index contributed by atoms with van der Waals surface area (Å²) in [6.45, 7) is 0.937. The zero-order chi connectivity index (χ0) is 13.6. The van der Waals surface area contributed by atoms with Crippen LogP contribution >= 0.6 is 0 Å². The van der Waals surface area contributed by atoms with Crippen molar-refractivity contribution in [1.29, 1.82) is 0 Å². The third kappa shape index (κ3) is 4.06. The van der Waals surface area contributed by atoms with Gasteiger partial charge >= 0.3 is 0 Å². The zero-order valence-corrected chi connectivity index (χ0v) is 11.6. The Morgan fingerprint density at radius 3 is 2.44 bits per heavy atom. The van der Waals surface area contributed by atoms with Crippen LogP contribution in [0.25, 0.3) is 0 Å². The molecule has 0 aliphatic heterocycles. The molecule has 0 fully saturated rings. The van der Waals surface area contributed by atoms with Gasteiger partial charge in [0.2, 0.25) is 10.0 Å². The number of methoxy groups -OCH3 is 1. The molecule has 102 valence electrons. The normalized spacial score (nSPS) is 12.0. The average Bonchev–Trinajstić information content (AvgIpc) is 2.37. The lowest BCUT2D eigenvalue weighted by atomic mass is 10.1. The van der Waals surface area contributed by atoms with Crippen LogP contribution in [-0.2, 0) is 27.8 Å². The maximum atomic E-state index is 11.9. The lowest BCUT2D eigenvalue weighted by Crippen LogP contribution is -2.30. The molecule has 6 heteroatoms. The lowest BCUT2D eigenvalue weighted by molar-refractivity contribution is 0.215. The fourth-order valence-electron chi connectivity index (χ4n) is 1.59. The number of rotatable bonds is 7. The minimum absolute atomic E-state index is 0.00914. The van der Waals surface area contributed by atoms with Crippen LogP contribution in [0, 0.1) is 0 Å². The Balaban J connectivity index is 2.78. The molecule has 0 atom stereocenters. The van der Waals surface area contributed by atoms with Crippen molar-refractivity contribution in [2.45, 2.75) is 13.1 Å². The summed E-state index contributed by atoms with van der Waals surface area (Å²) in [4.78, 5) is 0. The van der Waals surface area contributed by atoms with Gasteiger partial charge in [0.25, 0.3) is 0 Å². The van der Waals surface area contributed by atoms with Gasteiger partial charge in [-0.1, -0.05) is 24.3 Å². The number of hydrogen-bond donors (Lipinski definition) is 1. The Labute approximate surface area is 109 Å². The van der Waals surface area contributed by atoms with E-state index in [1.54, 1.807) is 7.05 Å². The molecule has 5 nitrogen and oxygen atoms in total. The Kier molecular flexibility index (Phi) is 5.74. The van der Waals surface area contributed by atoms with E-state index in [-0.39, 0.29) is 12.4 Å². The highest BCUT2D eigenvalue weighted by Crippen LogP contribution is 2.12. The summed E-state index contributed by atoms with van der Waals surface area (Å²) in [7, 11) is -0.225. The van der Waals surface area contributed by atoms with Crippen molar-refractivity contribution in [3.05, 3.63) is 35.4 Å².